The predicted octanol–water partition coefficient (Wildman–Crippen LogP) is 3.48. The van der Waals surface area contributed by atoms with Crippen molar-refractivity contribution in [2.45, 2.75) is 26.4 Å². The van der Waals surface area contributed by atoms with Gasteiger partial charge in [-0.1, -0.05) is 18.2 Å². The molecule has 0 aromatic heterocycles. The molecule has 200 valence electrons. The van der Waals surface area contributed by atoms with Gasteiger partial charge in [-0.2, -0.15) is 0 Å². The highest BCUT2D eigenvalue weighted by Gasteiger charge is 2.35. The number of nitrogens with zero attached hydrogens (tertiary/aromatic N) is 3. The summed E-state index contributed by atoms with van der Waals surface area (Å²) in [6, 6.07) is 9.80. The number of carbonyl (C=O) groups is 4. The average Bonchev–Trinajstić information content (AvgIpc) is 3.12. The van der Waals surface area contributed by atoms with E-state index in [2.05, 4.69) is 5.32 Å². The Labute approximate surface area is 223 Å². The van der Waals surface area contributed by atoms with Crippen LogP contribution in [0.25, 0.3) is 6.08 Å². The molecule has 2 saturated heterocycles. The van der Waals surface area contributed by atoms with Crippen molar-refractivity contribution in [3.63, 3.8) is 0 Å². The Bertz CT molecular complexity index is 1290. The van der Waals surface area contributed by atoms with Crippen LogP contribution in [0.5, 0.6) is 0 Å². The topological polar surface area (TPSA) is 90.0 Å². The molecule has 4 rings (SSSR count). The van der Waals surface area contributed by atoms with Gasteiger partial charge in [0.1, 0.15) is 11.6 Å². The molecule has 2 aromatic carbocycles. The smallest absolute Gasteiger partial charge is 0.293 e. The molecule has 2 aromatic rings. The summed E-state index contributed by atoms with van der Waals surface area (Å²) in [4.78, 5) is 55.2. The van der Waals surface area contributed by atoms with E-state index in [9.17, 15) is 28.0 Å². The molecule has 1 N–H and O–H groups in total. The third-order valence-corrected chi connectivity index (χ3v) is 7.03. The van der Waals surface area contributed by atoms with Gasteiger partial charge in [0.2, 0.25) is 5.91 Å². The molecule has 2 aliphatic heterocycles. The van der Waals surface area contributed by atoms with Gasteiger partial charge in [0.05, 0.1) is 18.0 Å². The fraction of sp³-hybridized carbons (Fsp3) is 0.333. The summed E-state index contributed by atoms with van der Waals surface area (Å²) >= 11 is 0.724. The molecular formula is C27H28F2N4O4S. The average molecular weight is 543 g/mol. The zero-order valence-corrected chi connectivity index (χ0v) is 21.9. The number of halogens is 2. The van der Waals surface area contributed by atoms with Crippen molar-refractivity contribution >= 4 is 40.8 Å². The first-order valence-corrected chi connectivity index (χ1v) is 13.0. The maximum atomic E-state index is 14.0. The van der Waals surface area contributed by atoms with Crippen LogP contribution in [0.15, 0.2) is 47.4 Å². The molecule has 0 aliphatic carbocycles. The summed E-state index contributed by atoms with van der Waals surface area (Å²) in [5, 5.41) is 2.31. The second-order valence-electron chi connectivity index (χ2n) is 9.42. The number of imide groups is 1. The van der Waals surface area contributed by atoms with Crippen LogP contribution < -0.4 is 5.32 Å². The van der Waals surface area contributed by atoms with Gasteiger partial charge in [-0.15, -0.1) is 0 Å². The van der Waals surface area contributed by atoms with Gasteiger partial charge in [0.25, 0.3) is 17.1 Å². The van der Waals surface area contributed by atoms with Crippen LogP contribution in [-0.4, -0.2) is 76.4 Å². The summed E-state index contributed by atoms with van der Waals surface area (Å²) in [6.45, 7) is 5.92. The van der Waals surface area contributed by atoms with Gasteiger partial charge >= 0.3 is 0 Å². The molecule has 0 spiro atoms. The third kappa shape index (κ3) is 6.65. The molecule has 2 aliphatic rings. The fourth-order valence-electron chi connectivity index (χ4n) is 4.23. The van der Waals surface area contributed by atoms with Crippen LogP contribution in [0.3, 0.4) is 0 Å². The molecule has 38 heavy (non-hydrogen) atoms. The van der Waals surface area contributed by atoms with E-state index in [0.29, 0.717) is 49.9 Å². The fourth-order valence-corrected chi connectivity index (χ4v) is 5.07. The lowest BCUT2D eigenvalue weighted by Gasteiger charge is -2.34. The standard InChI is InChI=1S/C27H28F2N4O4S/c1-17(2)30-24(34)16-31-8-10-32(11-9-31)25(35)19-5-3-4-18(12-19)13-23-26(36)33(27(37)38-23)15-20-6-7-21(28)14-22(20)29/h3-7,12-14,17H,8-11,15-16H2,1-2H3,(H,30,34). The lowest BCUT2D eigenvalue weighted by atomic mass is 10.1. The van der Waals surface area contributed by atoms with Gasteiger partial charge in [-0.3, -0.25) is 29.0 Å². The summed E-state index contributed by atoms with van der Waals surface area (Å²) in [5.74, 6) is -2.37. The monoisotopic (exact) mass is 542 g/mol. The number of carbonyl (C=O) groups excluding carboxylic acids is 4. The van der Waals surface area contributed by atoms with E-state index >= 15 is 0 Å². The van der Waals surface area contributed by atoms with Gasteiger partial charge < -0.3 is 10.2 Å². The highest BCUT2D eigenvalue weighted by molar-refractivity contribution is 8.18. The van der Waals surface area contributed by atoms with Crippen LogP contribution in [0.2, 0.25) is 0 Å². The van der Waals surface area contributed by atoms with E-state index in [1.165, 1.54) is 12.1 Å². The number of benzene rings is 2. The van der Waals surface area contributed by atoms with E-state index in [1.807, 2.05) is 18.7 Å². The molecule has 4 amide bonds. The highest BCUT2D eigenvalue weighted by atomic mass is 32.2. The Morgan fingerprint density at radius 1 is 1.05 bits per heavy atom. The van der Waals surface area contributed by atoms with Crippen molar-refractivity contribution < 1.29 is 28.0 Å². The van der Waals surface area contributed by atoms with E-state index in [-0.39, 0.29) is 34.9 Å². The zero-order chi connectivity index (χ0) is 27.4. The second kappa shape index (κ2) is 11.9. The molecule has 11 heteroatoms. The SMILES string of the molecule is CC(C)NC(=O)CN1CCN(C(=O)c2cccc(C=C3SC(=O)N(Cc4ccc(F)cc4F)C3=O)c2)CC1. The minimum absolute atomic E-state index is 0.0307. The quantitative estimate of drug-likeness (QED) is 0.539. The van der Waals surface area contributed by atoms with E-state index in [1.54, 1.807) is 29.2 Å². The molecule has 0 unspecified atom stereocenters. The number of rotatable bonds is 7. The molecule has 2 heterocycles. The van der Waals surface area contributed by atoms with Crippen LogP contribution in [-0.2, 0) is 16.1 Å². The molecule has 8 nitrogen and oxygen atoms in total. The van der Waals surface area contributed by atoms with E-state index in [4.69, 9.17) is 0 Å². The molecule has 0 bridgehead atoms. The maximum Gasteiger partial charge on any atom is 0.293 e. The first-order valence-electron chi connectivity index (χ1n) is 12.2. The van der Waals surface area contributed by atoms with E-state index < -0.39 is 22.8 Å². The Morgan fingerprint density at radius 2 is 1.79 bits per heavy atom. The first-order chi connectivity index (χ1) is 18.1. The maximum absolute atomic E-state index is 14.0. The van der Waals surface area contributed by atoms with Crippen LogP contribution in [0, 0.1) is 11.6 Å². The number of thioether (sulfide) groups is 1. The Morgan fingerprint density at radius 3 is 2.47 bits per heavy atom. The number of hydrogen-bond donors (Lipinski definition) is 1. The second-order valence-corrected chi connectivity index (χ2v) is 10.4. The van der Waals surface area contributed by atoms with Gasteiger partial charge in [-0.05, 0) is 55.4 Å². The molecule has 0 saturated carbocycles. The van der Waals surface area contributed by atoms with Crippen molar-refractivity contribution in [2.24, 2.45) is 0 Å². The summed E-state index contributed by atoms with van der Waals surface area (Å²) < 4.78 is 27.2. The van der Waals surface area contributed by atoms with Gasteiger partial charge in [0.15, 0.2) is 0 Å². The lowest BCUT2D eigenvalue weighted by molar-refractivity contribution is -0.124. The van der Waals surface area contributed by atoms with Crippen molar-refractivity contribution in [1.82, 2.24) is 20.0 Å². The number of amides is 4. The molecule has 2 fully saturated rings. The number of hydrogen-bond acceptors (Lipinski definition) is 6. The van der Waals surface area contributed by atoms with Crippen LogP contribution in [0.4, 0.5) is 13.6 Å². The Balaban J connectivity index is 1.39. The third-order valence-electron chi connectivity index (χ3n) is 6.12. The predicted molar refractivity (Wildman–Crippen MR) is 140 cm³/mol. The van der Waals surface area contributed by atoms with Crippen LogP contribution in [0.1, 0.15) is 35.3 Å². The van der Waals surface area contributed by atoms with Crippen molar-refractivity contribution in [2.75, 3.05) is 32.7 Å². The Kier molecular flexibility index (Phi) is 8.58. The molecular weight excluding hydrogens is 514 g/mol. The number of piperazine rings is 1. The van der Waals surface area contributed by atoms with Crippen molar-refractivity contribution in [3.8, 4) is 0 Å². The van der Waals surface area contributed by atoms with Gasteiger partial charge in [0, 0.05) is 49.4 Å². The van der Waals surface area contributed by atoms with E-state index in [0.717, 1.165) is 22.7 Å². The lowest BCUT2D eigenvalue weighted by Crippen LogP contribution is -2.51. The Hall–Kier alpha value is -3.57. The minimum Gasteiger partial charge on any atom is -0.353 e. The first kappa shape index (κ1) is 27.5. The summed E-state index contributed by atoms with van der Waals surface area (Å²) in [6.07, 6.45) is 1.52. The molecule has 0 atom stereocenters. The van der Waals surface area contributed by atoms with Gasteiger partial charge in [-0.25, -0.2) is 8.78 Å². The van der Waals surface area contributed by atoms with Crippen LogP contribution >= 0.6 is 11.8 Å². The normalized spacial score (nSPS) is 17.6. The molecule has 0 radical (unpaired) electrons. The summed E-state index contributed by atoms with van der Waals surface area (Å²) in [7, 11) is 0. The van der Waals surface area contributed by atoms with Crippen molar-refractivity contribution in [1.29, 1.82) is 0 Å². The largest absolute Gasteiger partial charge is 0.353 e. The number of nitrogens with one attached hydrogen (secondary N) is 1. The van der Waals surface area contributed by atoms with Crippen molar-refractivity contribution in [3.05, 3.63) is 75.7 Å². The summed E-state index contributed by atoms with van der Waals surface area (Å²) in [5.41, 5.74) is 1.04. The zero-order valence-electron chi connectivity index (χ0n) is 21.1. The minimum atomic E-state index is -0.834. The highest BCUT2D eigenvalue weighted by Crippen LogP contribution is 2.33.